The topological polar surface area (TPSA) is 115 Å². The number of carbonyl (C=O) groups is 1. The van der Waals surface area contributed by atoms with Gasteiger partial charge in [0.15, 0.2) is 22.5 Å². The van der Waals surface area contributed by atoms with Gasteiger partial charge in [0.2, 0.25) is 0 Å². The zero-order chi connectivity index (χ0) is 23.9. The van der Waals surface area contributed by atoms with E-state index in [1.54, 1.807) is 30.6 Å². The highest BCUT2D eigenvalue weighted by Crippen LogP contribution is 2.29. The Morgan fingerprint density at radius 2 is 1.91 bits per heavy atom. The standard InChI is InChI=1S/C24H22N6O3S/c1-16-6-8-19(9-7-16)30-23(17-10-12-25-13-11-17)28-29-24(30)34-15-21(31)27-26-14-18-4-3-5-20(33-2)22(18)32/h3-14,32H,15H2,1-2H3,(H,27,31)/b26-14+. The van der Waals surface area contributed by atoms with E-state index in [2.05, 4.69) is 25.7 Å². The van der Waals surface area contributed by atoms with E-state index in [0.717, 1.165) is 16.8 Å². The number of methoxy groups -OCH3 is 1. The summed E-state index contributed by atoms with van der Waals surface area (Å²) in [6.07, 6.45) is 4.75. The molecule has 0 aliphatic carbocycles. The maximum Gasteiger partial charge on any atom is 0.250 e. The van der Waals surface area contributed by atoms with Gasteiger partial charge in [-0.15, -0.1) is 10.2 Å². The molecule has 0 aliphatic heterocycles. The average Bonchev–Trinajstić information content (AvgIpc) is 3.29. The highest BCUT2D eigenvalue weighted by atomic mass is 32.2. The number of phenolic OH excluding ortho intramolecular Hbond substituents is 1. The van der Waals surface area contributed by atoms with Crippen LogP contribution in [0.25, 0.3) is 17.1 Å². The fraction of sp³-hybridized carbons (Fsp3) is 0.125. The van der Waals surface area contributed by atoms with Crippen LogP contribution in [0.1, 0.15) is 11.1 Å². The molecule has 172 valence electrons. The van der Waals surface area contributed by atoms with Gasteiger partial charge in [-0.1, -0.05) is 35.5 Å². The van der Waals surface area contributed by atoms with Gasteiger partial charge in [-0.2, -0.15) is 5.10 Å². The van der Waals surface area contributed by atoms with Crippen LogP contribution in [0.3, 0.4) is 0 Å². The molecule has 0 bridgehead atoms. The SMILES string of the molecule is COc1cccc(/C=N/NC(=O)CSc2nnc(-c3ccncc3)n2-c2ccc(C)cc2)c1O. The summed E-state index contributed by atoms with van der Waals surface area (Å²) in [7, 11) is 1.46. The number of ether oxygens (including phenoxy) is 1. The first-order valence-electron chi connectivity index (χ1n) is 10.3. The second-order valence-electron chi connectivity index (χ2n) is 7.19. The summed E-state index contributed by atoms with van der Waals surface area (Å²) >= 11 is 1.24. The Morgan fingerprint density at radius 1 is 1.15 bits per heavy atom. The summed E-state index contributed by atoms with van der Waals surface area (Å²) in [6.45, 7) is 2.02. The third-order valence-electron chi connectivity index (χ3n) is 4.84. The number of nitrogens with one attached hydrogen (secondary N) is 1. The van der Waals surface area contributed by atoms with Crippen molar-refractivity contribution in [1.29, 1.82) is 0 Å². The van der Waals surface area contributed by atoms with Crippen LogP contribution in [0, 0.1) is 6.92 Å². The van der Waals surface area contributed by atoms with Gasteiger partial charge in [0.25, 0.3) is 5.91 Å². The molecule has 0 fully saturated rings. The van der Waals surface area contributed by atoms with Gasteiger partial charge < -0.3 is 9.84 Å². The maximum absolute atomic E-state index is 12.4. The molecule has 10 heteroatoms. The van der Waals surface area contributed by atoms with Crippen LogP contribution in [-0.4, -0.2) is 49.8 Å². The zero-order valence-corrected chi connectivity index (χ0v) is 19.4. The number of aromatic nitrogens is 4. The van der Waals surface area contributed by atoms with Crippen LogP contribution in [0.2, 0.25) is 0 Å². The number of hydrogen-bond acceptors (Lipinski definition) is 8. The average molecular weight is 475 g/mol. The summed E-state index contributed by atoms with van der Waals surface area (Å²) in [5.41, 5.74) is 5.77. The van der Waals surface area contributed by atoms with Gasteiger partial charge in [0.1, 0.15) is 0 Å². The van der Waals surface area contributed by atoms with Crippen LogP contribution >= 0.6 is 11.8 Å². The zero-order valence-electron chi connectivity index (χ0n) is 18.5. The second-order valence-corrected chi connectivity index (χ2v) is 8.14. The molecule has 2 N–H and O–H groups in total. The third kappa shape index (κ3) is 5.24. The normalized spacial score (nSPS) is 11.0. The van der Waals surface area contributed by atoms with Crippen molar-refractivity contribution < 1.29 is 14.6 Å². The highest BCUT2D eigenvalue weighted by molar-refractivity contribution is 7.99. The van der Waals surface area contributed by atoms with Gasteiger partial charge in [-0.05, 0) is 43.3 Å². The number of hydrazone groups is 1. The maximum atomic E-state index is 12.4. The van der Waals surface area contributed by atoms with Gasteiger partial charge in [-0.3, -0.25) is 14.3 Å². The number of rotatable bonds is 8. The van der Waals surface area contributed by atoms with Crippen molar-refractivity contribution in [2.75, 3.05) is 12.9 Å². The number of para-hydroxylation sites is 1. The van der Waals surface area contributed by atoms with E-state index in [1.165, 1.54) is 25.1 Å². The molecule has 4 aromatic rings. The van der Waals surface area contributed by atoms with Crippen LogP contribution in [0.15, 0.2) is 77.2 Å². The quantitative estimate of drug-likeness (QED) is 0.228. The second kappa shape index (κ2) is 10.6. The van der Waals surface area contributed by atoms with Crippen molar-refractivity contribution in [2.24, 2.45) is 5.10 Å². The van der Waals surface area contributed by atoms with Gasteiger partial charge in [0, 0.05) is 29.2 Å². The van der Waals surface area contributed by atoms with E-state index in [-0.39, 0.29) is 17.4 Å². The van der Waals surface area contributed by atoms with Crippen LogP contribution in [-0.2, 0) is 4.79 Å². The first-order chi connectivity index (χ1) is 16.6. The number of nitrogens with zero attached hydrogens (tertiary/aromatic N) is 5. The van der Waals surface area contributed by atoms with E-state index < -0.39 is 0 Å². The summed E-state index contributed by atoms with van der Waals surface area (Å²) in [5.74, 6) is 0.675. The van der Waals surface area contributed by atoms with E-state index in [4.69, 9.17) is 4.74 Å². The Kier molecular flexibility index (Phi) is 7.19. The predicted octanol–water partition coefficient (Wildman–Crippen LogP) is 3.59. The Labute approximate surface area is 200 Å². The highest BCUT2D eigenvalue weighted by Gasteiger charge is 2.17. The number of thioether (sulfide) groups is 1. The van der Waals surface area contributed by atoms with Crippen molar-refractivity contribution in [1.82, 2.24) is 25.2 Å². The molecular formula is C24H22N6O3S. The summed E-state index contributed by atoms with van der Waals surface area (Å²) in [5, 5.41) is 23.3. The van der Waals surface area contributed by atoms with E-state index in [9.17, 15) is 9.90 Å². The van der Waals surface area contributed by atoms with Gasteiger partial charge >= 0.3 is 0 Å². The molecule has 4 rings (SSSR count). The number of benzene rings is 2. The Morgan fingerprint density at radius 3 is 2.65 bits per heavy atom. The molecule has 0 saturated carbocycles. The minimum Gasteiger partial charge on any atom is -0.504 e. The minimum absolute atomic E-state index is 0.0489. The molecule has 2 aromatic carbocycles. The minimum atomic E-state index is -0.326. The third-order valence-corrected chi connectivity index (χ3v) is 5.77. The van der Waals surface area contributed by atoms with Crippen LogP contribution < -0.4 is 10.2 Å². The number of aryl methyl sites for hydroxylation is 1. The van der Waals surface area contributed by atoms with Crippen molar-refractivity contribution in [2.45, 2.75) is 12.1 Å². The predicted molar refractivity (Wildman–Crippen MR) is 130 cm³/mol. The fourth-order valence-electron chi connectivity index (χ4n) is 3.12. The Bertz CT molecular complexity index is 1310. The fourth-order valence-corrected chi connectivity index (χ4v) is 3.87. The molecule has 0 aliphatic rings. The number of hydrogen-bond donors (Lipinski definition) is 2. The lowest BCUT2D eigenvalue weighted by Gasteiger charge is -2.10. The lowest BCUT2D eigenvalue weighted by molar-refractivity contribution is -0.118. The van der Waals surface area contributed by atoms with Gasteiger partial charge in [-0.25, -0.2) is 5.43 Å². The molecule has 0 atom stereocenters. The monoisotopic (exact) mass is 474 g/mol. The number of aromatic hydroxyl groups is 1. The molecule has 0 unspecified atom stereocenters. The van der Waals surface area contributed by atoms with Crippen molar-refractivity contribution in [3.05, 3.63) is 78.1 Å². The van der Waals surface area contributed by atoms with Crippen LogP contribution in [0.4, 0.5) is 0 Å². The molecule has 0 spiro atoms. The summed E-state index contributed by atoms with van der Waals surface area (Å²) < 4.78 is 6.97. The molecule has 2 heterocycles. The number of carbonyl (C=O) groups excluding carboxylic acids is 1. The number of amides is 1. The first-order valence-corrected chi connectivity index (χ1v) is 11.3. The van der Waals surface area contributed by atoms with E-state index in [0.29, 0.717) is 22.3 Å². The molecular weight excluding hydrogens is 452 g/mol. The molecule has 2 aromatic heterocycles. The van der Waals surface area contributed by atoms with E-state index >= 15 is 0 Å². The summed E-state index contributed by atoms with van der Waals surface area (Å²) in [4.78, 5) is 16.5. The number of pyridine rings is 1. The van der Waals surface area contributed by atoms with Crippen molar-refractivity contribution >= 4 is 23.9 Å². The molecule has 9 nitrogen and oxygen atoms in total. The van der Waals surface area contributed by atoms with Crippen molar-refractivity contribution in [3.63, 3.8) is 0 Å². The Balaban J connectivity index is 1.49. The lowest BCUT2D eigenvalue weighted by Crippen LogP contribution is -2.20. The molecule has 1 amide bonds. The molecule has 34 heavy (non-hydrogen) atoms. The smallest absolute Gasteiger partial charge is 0.250 e. The first kappa shape index (κ1) is 23.0. The Hall–Kier alpha value is -4.18. The molecule has 0 radical (unpaired) electrons. The lowest BCUT2D eigenvalue weighted by atomic mass is 10.2. The van der Waals surface area contributed by atoms with Crippen molar-refractivity contribution in [3.8, 4) is 28.6 Å². The number of phenols is 1. The van der Waals surface area contributed by atoms with Crippen LogP contribution in [0.5, 0.6) is 11.5 Å². The van der Waals surface area contributed by atoms with E-state index in [1.807, 2.05) is 47.9 Å². The van der Waals surface area contributed by atoms with Gasteiger partial charge in [0.05, 0.1) is 19.1 Å². The summed E-state index contributed by atoms with van der Waals surface area (Å²) in [6, 6.07) is 16.7. The largest absolute Gasteiger partial charge is 0.504 e. The molecule has 0 saturated heterocycles.